The van der Waals surface area contributed by atoms with E-state index in [1.54, 1.807) is 41.6 Å². The van der Waals surface area contributed by atoms with E-state index in [1.165, 1.54) is 18.5 Å². The maximum atomic E-state index is 14.0. The highest BCUT2D eigenvalue weighted by Gasteiger charge is 2.33. The molecule has 6 aromatic rings. The lowest BCUT2D eigenvalue weighted by Gasteiger charge is -2.39. The minimum atomic E-state index is -4.53. The average molecular weight is 664 g/mol. The van der Waals surface area contributed by atoms with Gasteiger partial charge in [-0.3, -0.25) is 4.90 Å². The number of alkyl halides is 3. The molecule has 0 radical (unpaired) electrons. The first-order valence-corrected chi connectivity index (χ1v) is 15.1. The van der Waals surface area contributed by atoms with Gasteiger partial charge in [0.1, 0.15) is 10.5 Å². The smallest absolute Gasteiger partial charge is 0.416 e. The number of hydrogen-bond acceptors (Lipinski definition) is 9. The van der Waals surface area contributed by atoms with Crippen LogP contribution in [0.1, 0.15) is 16.7 Å². The summed E-state index contributed by atoms with van der Waals surface area (Å²) in [5, 5.41) is 10.6. The molecule has 1 saturated heterocycles. The Labute approximate surface area is 271 Å². The Balaban J connectivity index is 1.10. The Morgan fingerprint density at radius 1 is 1.00 bits per heavy atom. The molecule has 7 rings (SSSR count). The van der Waals surface area contributed by atoms with Gasteiger partial charge in [0.2, 0.25) is 5.95 Å². The van der Waals surface area contributed by atoms with E-state index in [2.05, 4.69) is 35.6 Å². The predicted octanol–water partition coefficient (Wildman–Crippen LogP) is 6.66. The van der Waals surface area contributed by atoms with E-state index in [9.17, 15) is 13.2 Å². The number of likely N-dealkylation sites (tertiary alicyclic amines) is 1. The molecule has 5 heterocycles. The Hall–Kier alpha value is -4.92. The van der Waals surface area contributed by atoms with Crippen molar-refractivity contribution in [1.29, 1.82) is 0 Å². The molecule has 1 aliphatic heterocycles. The number of aromatic nitrogens is 6. The van der Waals surface area contributed by atoms with Crippen LogP contribution >= 0.6 is 11.6 Å². The van der Waals surface area contributed by atoms with Crippen LogP contribution in [0.4, 0.5) is 30.6 Å². The van der Waals surface area contributed by atoms with Crippen molar-refractivity contribution >= 4 is 45.7 Å². The lowest BCUT2D eigenvalue weighted by atomic mass is 10.1. The monoisotopic (exact) mass is 663 g/mol. The van der Waals surface area contributed by atoms with Crippen molar-refractivity contribution in [1.82, 2.24) is 34.0 Å². The molecule has 47 heavy (non-hydrogen) atoms. The molecular weight excluding hydrogens is 635 g/mol. The summed E-state index contributed by atoms with van der Waals surface area (Å²) in [6, 6.07) is 13.8. The Kier molecular flexibility index (Phi) is 8.08. The minimum Gasteiger partial charge on any atom is -0.450 e. The van der Waals surface area contributed by atoms with Crippen molar-refractivity contribution in [2.75, 3.05) is 30.8 Å². The van der Waals surface area contributed by atoms with E-state index < -0.39 is 11.7 Å². The SMILES string of the molecule is CNc1nccn2ncc(Oc3cnc4nc(Nc5cc(CN6CC(OCc7ccccc7)C6)cc(C(F)(F)F)c5)n(C)c4c3Cl)c12. The zero-order chi connectivity index (χ0) is 32.7. The van der Waals surface area contributed by atoms with Gasteiger partial charge in [0.05, 0.1) is 30.7 Å². The number of imidazole rings is 1. The second-order valence-corrected chi connectivity index (χ2v) is 11.6. The largest absolute Gasteiger partial charge is 0.450 e. The molecule has 0 amide bonds. The molecule has 4 aromatic heterocycles. The number of aryl methyl sites for hydroxylation is 1. The van der Waals surface area contributed by atoms with Gasteiger partial charge in [-0.05, 0) is 29.3 Å². The number of benzene rings is 2. The molecule has 242 valence electrons. The topological polar surface area (TPSA) is 107 Å². The third-order valence-corrected chi connectivity index (χ3v) is 8.26. The molecule has 1 aliphatic rings. The van der Waals surface area contributed by atoms with Gasteiger partial charge in [0.15, 0.2) is 28.5 Å². The maximum Gasteiger partial charge on any atom is 0.416 e. The highest BCUT2D eigenvalue weighted by molar-refractivity contribution is 6.36. The fourth-order valence-electron chi connectivity index (χ4n) is 5.54. The van der Waals surface area contributed by atoms with Crippen LogP contribution in [-0.2, 0) is 31.1 Å². The normalized spacial score (nSPS) is 14.1. The second-order valence-electron chi connectivity index (χ2n) is 11.2. The summed E-state index contributed by atoms with van der Waals surface area (Å²) >= 11 is 6.79. The molecule has 0 unspecified atom stereocenters. The minimum absolute atomic E-state index is 0.0274. The molecule has 0 spiro atoms. The van der Waals surface area contributed by atoms with Crippen molar-refractivity contribution in [3.8, 4) is 11.5 Å². The van der Waals surface area contributed by atoms with E-state index in [0.29, 0.717) is 60.1 Å². The molecule has 0 aliphatic carbocycles. The molecular formula is C32H29ClF3N9O2. The van der Waals surface area contributed by atoms with E-state index in [-0.39, 0.29) is 28.5 Å². The van der Waals surface area contributed by atoms with Crippen LogP contribution in [0.25, 0.3) is 16.7 Å². The summed E-state index contributed by atoms with van der Waals surface area (Å²) < 4.78 is 57.1. The van der Waals surface area contributed by atoms with Gasteiger partial charge in [-0.15, -0.1) is 0 Å². The highest BCUT2D eigenvalue weighted by atomic mass is 35.5. The number of hydrogen-bond donors (Lipinski definition) is 2. The summed E-state index contributed by atoms with van der Waals surface area (Å²) in [5.74, 6) is 1.46. The first-order chi connectivity index (χ1) is 22.7. The Bertz CT molecular complexity index is 2060. The number of nitrogens with one attached hydrogen (secondary N) is 2. The van der Waals surface area contributed by atoms with Crippen LogP contribution in [0.3, 0.4) is 0 Å². The van der Waals surface area contributed by atoms with E-state index >= 15 is 0 Å². The summed E-state index contributed by atoms with van der Waals surface area (Å²) in [4.78, 5) is 15.3. The van der Waals surface area contributed by atoms with Gasteiger partial charge in [-0.1, -0.05) is 41.9 Å². The van der Waals surface area contributed by atoms with Gasteiger partial charge in [0, 0.05) is 51.8 Å². The van der Waals surface area contributed by atoms with Gasteiger partial charge in [0.25, 0.3) is 0 Å². The number of halogens is 4. The molecule has 2 N–H and O–H groups in total. The number of rotatable bonds is 10. The summed E-state index contributed by atoms with van der Waals surface area (Å²) in [6.07, 6.45) is 1.76. The maximum absolute atomic E-state index is 14.0. The van der Waals surface area contributed by atoms with E-state index in [4.69, 9.17) is 21.1 Å². The van der Waals surface area contributed by atoms with Gasteiger partial charge in [-0.2, -0.15) is 23.3 Å². The van der Waals surface area contributed by atoms with Crippen LogP contribution in [0.15, 0.2) is 73.3 Å². The van der Waals surface area contributed by atoms with E-state index in [1.807, 2.05) is 30.3 Å². The zero-order valence-electron chi connectivity index (χ0n) is 25.3. The zero-order valence-corrected chi connectivity index (χ0v) is 26.0. The summed E-state index contributed by atoms with van der Waals surface area (Å²) in [5.41, 5.74) is 2.39. The molecule has 1 fully saturated rings. The van der Waals surface area contributed by atoms with Crippen molar-refractivity contribution < 1.29 is 22.6 Å². The average Bonchev–Trinajstić information content (AvgIpc) is 3.60. The third-order valence-electron chi connectivity index (χ3n) is 7.89. The first kappa shape index (κ1) is 30.7. The molecule has 0 bridgehead atoms. The summed E-state index contributed by atoms with van der Waals surface area (Å²) in [6.45, 7) is 2.10. The summed E-state index contributed by atoms with van der Waals surface area (Å²) in [7, 11) is 3.43. The number of anilines is 3. The second kappa shape index (κ2) is 12.4. The van der Waals surface area contributed by atoms with Crippen molar-refractivity contribution in [3.05, 3.63) is 95.0 Å². The number of ether oxygens (including phenoxy) is 2. The highest BCUT2D eigenvalue weighted by Crippen LogP contribution is 2.38. The van der Waals surface area contributed by atoms with Crippen molar-refractivity contribution in [3.63, 3.8) is 0 Å². The molecule has 15 heteroatoms. The molecule has 2 aromatic carbocycles. The Morgan fingerprint density at radius 2 is 1.81 bits per heavy atom. The van der Waals surface area contributed by atoms with E-state index in [0.717, 1.165) is 11.6 Å². The van der Waals surface area contributed by atoms with Crippen molar-refractivity contribution in [2.45, 2.75) is 25.4 Å². The number of fused-ring (bicyclic) bond motifs is 2. The molecule has 0 atom stereocenters. The van der Waals surface area contributed by atoms with Crippen LogP contribution < -0.4 is 15.4 Å². The number of nitrogens with zero attached hydrogens (tertiary/aromatic N) is 7. The lowest BCUT2D eigenvalue weighted by Crippen LogP contribution is -2.51. The number of pyridine rings is 1. The first-order valence-electron chi connectivity index (χ1n) is 14.7. The van der Waals surface area contributed by atoms with Crippen LogP contribution in [-0.4, -0.2) is 60.3 Å². The van der Waals surface area contributed by atoms with Crippen LogP contribution in [0, 0.1) is 0 Å². The standard InChI is InChI=1S/C32H29ClF3N9O2/c1-37-29-27-25(14-40-45(27)9-8-38-29)47-24-13-39-30-28(26(24)33)43(2)31(42-30)41-22-11-20(10-21(12-22)32(34,35)36)15-44-16-23(17-44)46-18-19-6-4-3-5-7-19/h3-14,23H,15-18H2,1-2H3,(H,37,38)(H,39,41,42). The van der Waals surface area contributed by atoms with Crippen LogP contribution in [0.2, 0.25) is 5.02 Å². The van der Waals surface area contributed by atoms with Crippen molar-refractivity contribution in [2.24, 2.45) is 7.05 Å². The van der Waals surface area contributed by atoms with Gasteiger partial charge < -0.3 is 24.7 Å². The predicted molar refractivity (Wildman–Crippen MR) is 171 cm³/mol. The lowest BCUT2D eigenvalue weighted by molar-refractivity contribution is -0.137. The van der Waals surface area contributed by atoms with Gasteiger partial charge >= 0.3 is 6.18 Å². The van der Waals surface area contributed by atoms with Gasteiger partial charge in [-0.25, -0.2) is 14.5 Å². The third kappa shape index (κ3) is 6.26. The fourth-order valence-corrected chi connectivity index (χ4v) is 5.84. The van der Waals surface area contributed by atoms with Crippen LogP contribution in [0.5, 0.6) is 11.5 Å². The molecule has 0 saturated carbocycles. The molecule has 11 nitrogen and oxygen atoms in total. The quantitative estimate of drug-likeness (QED) is 0.166. The fraction of sp³-hybridized carbons (Fsp3) is 0.250. The Morgan fingerprint density at radius 3 is 2.57 bits per heavy atom.